The Morgan fingerprint density at radius 3 is 2.64 bits per heavy atom. The van der Waals surface area contributed by atoms with E-state index in [1.54, 1.807) is 18.2 Å². The van der Waals surface area contributed by atoms with Gasteiger partial charge in [-0.15, -0.1) is 0 Å². The topological polar surface area (TPSA) is 65.5 Å². The SMILES string of the molecule is CN(C(=O)c1ccc2c(c1)[C@H](NC(=O)c1ccccc1Cl)CC2)C1CCCN(c2ccncc2)CC1. The van der Waals surface area contributed by atoms with Crippen molar-refractivity contribution in [3.63, 3.8) is 0 Å². The first kappa shape index (κ1) is 24.3. The molecule has 1 aromatic heterocycles. The summed E-state index contributed by atoms with van der Waals surface area (Å²) in [7, 11) is 1.92. The Kier molecular flexibility index (Phi) is 7.23. The normalized spacial score (nSPS) is 19.3. The summed E-state index contributed by atoms with van der Waals surface area (Å²) < 4.78 is 0. The molecule has 6 nitrogen and oxygen atoms in total. The van der Waals surface area contributed by atoms with Crippen LogP contribution in [0.2, 0.25) is 5.02 Å². The lowest BCUT2D eigenvalue weighted by Crippen LogP contribution is -2.38. The fraction of sp³-hybridized carbons (Fsp3) is 0.345. The molecule has 1 saturated heterocycles. The molecule has 2 amide bonds. The number of carbonyl (C=O) groups is 2. The standard InChI is InChI=1S/C29H31ClN4O2/c1-33(22-5-4-17-34(18-14-22)23-12-15-31-16-13-23)29(36)21-9-8-20-10-11-27(25(20)19-21)32-28(35)24-6-2-3-7-26(24)30/h2-3,6-9,12-13,15-16,19,22,27H,4-5,10-11,14,17-18H2,1H3,(H,32,35)/t22?,27-/m1/s1. The van der Waals surface area contributed by atoms with E-state index in [1.165, 1.54) is 11.3 Å². The Hall–Kier alpha value is -3.38. The van der Waals surface area contributed by atoms with Crippen LogP contribution in [0.1, 0.15) is 63.6 Å². The van der Waals surface area contributed by atoms with Crippen LogP contribution >= 0.6 is 11.6 Å². The van der Waals surface area contributed by atoms with Gasteiger partial charge in [-0.2, -0.15) is 0 Å². The fourth-order valence-electron chi connectivity index (χ4n) is 5.42. The molecule has 1 fully saturated rings. The lowest BCUT2D eigenvalue weighted by molar-refractivity contribution is 0.0720. The van der Waals surface area contributed by atoms with E-state index < -0.39 is 0 Å². The van der Waals surface area contributed by atoms with Gasteiger partial charge in [0.1, 0.15) is 0 Å². The Balaban J connectivity index is 1.27. The van der Waals surface area contributed by atoms with Crippen molar-refractivity contribution in [1.29, 1.82) is 0 Å². The highest BCUT2D eigenvalue weighted by Crippen LogP contribution is 2.33. The molecule has 1 aliphatic heterocycles. The van der Waals surface area contributed by atoms with Gasteiger partial charge in [0.25, 0.3) is 11.8 Å². The zero-order chi connectivity index (χ0) is 25.1. The van der Waals surface area contributed by atoms with E-state index in [9.17, 15) is 9.59 Å². The second-order valence-electron chi connectivity index (χ2n) is 9.65. The second kappa shape index (κ2) is 10.7. The number of aryl methyl sites for hydroxylation is 1. The third-order valence-corrected chi connectivity index (χ3v) is 7.82. The quantitative estimate of drug-likeness (QED) is 0.515. The van der Waals surface area contributed by atoms with Gasteiger partial charge in [0.15, 0.2) is 0 Å². The van der Waals surface area contributed by atoms with E-state index in [0.717, 1.165) is 50.8 Å². The van der Waals surface area contributed by atoms with E-state index in [0.29, 0.717) is 16.1 Å². The molecule has 186 valence electrons. The minimum Gasteiger partial charge on any atom is -0.371 e. The van der Waals surface area contributed by atoms with E-state index in [2.05, 4.69) is 15.2 Å². The summed E-state index contributed by atoms with van der Waals surface area (Å²) in [5.74, 6) is -0.159. The number of carbonyl (C=O) groups excluding carboxylic acids is 2. The van der Waals surface area contributed by atoms with Gasteiger partial charge in [-0.1, -0.05) is 29.8 Å². The van der Waals surface area contributed by atoms with E-state index in [-0.39, 0.29) is 23.9 Å². The summed E-state index contributed by atoms with van der Waals surface area (Å²) in [6.07, 6.45) is 8.27. The number of rotatable bonds is 5. The number of hydrogen-bond donors (Lipinski definition) is 1. The number of nitrogens with one attached hydrogen (secondary N) is 1. The van der Waals surface area contributed by atoms with Gasteiger partial charge in [0.05, 0.1) is 16.6 Å². The van der Waals surface area contributed by atoms with E-state index in [4.69, 9.17) is 11.6 Å². The number of hydrogen-bond acceptors (Lipinski definition) is 4. The molecule has 2 aliphatic rings. The molecule has 1 N–H and O–H groups in total. The van der Waals surface area contributed by atoms with Crippen molar-refractivity contribution in [2.24, 2.45) is 0 Å². The molecule has 0 spiro atoms. The van der Waals surface area contributed by atoms with Gasteiger partial charge in [0.2, 0.25) is 0 Å². The first-order valence-corrected chi connectivity index (χ1v) is 13.0. The van der Waals surface area contributed by atoms with Crippen LogP contribution in [0.3, 0.4) is 0 Å². The predicted molar refractivity (Wildman–Crippen MR) is 143 cm³/mol. The summed E-state index contributed by atoms with van der Waals surface area (Å²) >= 11 is 6.22. The minimum atomic E-state index is -0.190. The molecule has 2 heterocycles. The summed E-state index contributed by atoms with van der Waals surface area (Å²) in [6, 6.07) is 17.1. The third-order valence-electron chi connectivity index (χ3n) is 7.49. The van der Waals surface area contributed by atoms with Gasteiger partial charge in [-0.25, -0.2) is 0 Å². The smallest absolute Gasteiger partial charge is 0.253 e. The summed E-state index contributed by atoms with van der Waals surface area (Å²) in [5, 5.41) is 3.56. The van der Waals surface area contributed by atoms with Crippen LogP contribution in [0, 0.1) is 0 Å². The summed E-state index contributed by atoms with van der Waals surface area (Å²) in [6.45, 7) is 1.89. The van der Waals surface area contributed by atoms with Crippen molar-refractivity contribution in [2.75, 3.05) is 25.0 Å². The molecule has 1 unspecified atom stereocenters. The minimum absolute atomic E-state index is 0.0308. The number of benzene rings is 2. The molecule has 0 saturated carbocycles. The van der Waals surface area contributed by atoms with Crippen molar-refractivity contribution < 1.29 is 9.59 Å². The predicted octanol–water partition coefficient (Wildman–Crippen LogP) is 5.28. The average Bonchev–Trinajstić information content (AvgIpc) is 3.13. The number of anilines is 1. The Morgan fingerprint density at radius 2 is 1.83 bits per heavy atom. The highest BCUT2D eigenvalue weighted by Gasteiger charge is 2.28. The lowest BCUT2D eigenvalue weighted by atomic mass is 10.0. The molecule has 36 heavy (non-hydrogen) atoms. The lowest BCUT2D eigenvalue weighted by Gasteiger charge is -2.28. The van der Waals surface area contributed by atoms with Gasteiger partial charge in [-0.05, 0) is 79.6 Å². The second-order valence-corrected chi connectivity index (χ2v) is 10.1. The maximum atomic E-state index is 13.5. The molecule has 0 bridgehead atoms. The van der Waals surface area contributed by atoms with Crippen molar-refractivity contribution in [1.82, 2.24) is 15.2 Å². The fourth-order valence-corrected chi connectivity index (χ4v) is 5.64. The van der Waals surface area contributed by atoms with Crippen LogP contribution in [0.15, 0.2) is 67.0 Å². The van der Waals surface area contributed by atoms with Gasteiger partial charge in [-0.3, -0.25) is 14.6 Å². The molecule has 2 atom stereocenters. The number of aromatic nitrogens is 1. The van der Waals surface area contributed by atoms with Crippen molar-refractivity contribution >= 4 is 29.1 Å². The van der Waals surface area contributed by atoms with Crippen LogP contribution in [0.5, 0.6) is 0 Å². The van der Waals surface area contributed by atoms with Crippen molar-refractivity contribution in [3.05, 3.63) is 94.3 Å². The number of nitrogens with zero attached hydrogens (tertiary/aromatic N) is 3. The van der Waals surface area contributed by atoms with Gasteiger partial charge < -0.3 is 15.1 Å². The summed E-state index contributed by atoms with van der Waals surface area (Å²) in [5.41, 5.74) is 4.53. The molecule has 7 heteroatoms. The highest BCUT2D eigenvalue weighted by atomic mass is 35.5. The monoisotopic (exact) mass is 502 g/mol. The molecule has 5 rings (SSSR count). The highest BCUT2D eigenvalue weighted by molar-refractivity contribution is 6.33. The zero-order valence-electron chi connectivity index (χ0n) is 20.5. The molecule has 3 aromatic rings. The Labute approximate surface area is 217 Å². The first-order chi connectivity index (χ1) is 17.5. The van der Waals surface area contributed by atoms with Crippen LogP contribution in [-0.4, -0.2) is 47.9 Å². The van der Waals surface area contributed by atoms with Crippen LogP contribution < -0.4 is 10.2 Å². The number of pyridine rings is 1. The van der Waals surface area contributed by atoms with E-state index >= 15 is 0 Å². The van der Waals surface area contributed by atoms with Gasteiger partial charge >= 0.3 is 0 Å². The zero-order valence-corrected chi connectivity index (χ0v) is 21.2. The number of fused-ring (bicyclic) bond motifs is 1. The molecule has 1 aliphatic carbocycles. The van der Waals surface area contributed by atoms with Gasteiger partial charge in [0, 0.05) is 49.8 Å². The van der Waals surface area contributed by atoms with Crippen LogP contribution in [-0.2, 0) is 6.42 Å². The van der Waals surface area contributed by atoms with Crippen LogP contribution in [0.25, 0.3) is 0 Å². The van der Waals surface area contributed by atoms with E-state index in [1.807, 2.05) is 60.7 Å². The summed E-state index contributed by atoms with van der Waals surface area (Å²) in [4.78, 5) is 34.8. The van der Waals surface area contributed by atoms with Crippen molar-refractivity contribution in [3.8, 4) is 0 Å². The maximum absolute atomic E-state index is 13.5. The third kappa shape index (κ3) is 5.09. The molecular formula is C29H31ClN4O2. The molecule has 0 radical (unpaired) electrons. The van der Waals surface area contributed by atoms with Crippen LogP contribution in [0.4, 0.5) is 5.69 Å². The number of halogens is 1. The Bertz CT molecular complexity index is 1250. The molecular weight excluding hydrogens is 472 g/mol. The Morgan fingerprint density at radius 1 is 1.03 bits per heavy atom. The molecule has 2 aromatic carbocycles. The maximum Gasteiger partial charge on any atom is 0.253 e. The average molecular weight is 503 g/mol. The van der Waals surface area contributed by atoms with Crippen molar-refractivity contribution in [2.45, 2.75) is 44.2 Å². The first-order valence-electron chi connectivity index (χ1n) is 12.6. The largest absolute Gasteiger partial charge is 0.371 e. The number of amides is 2.